The zero-order valence-corrected chi connectivity index (χ0v) is 16.2. The lowest BCUT2D eigenvalue weighted by molar-refractivity contribution is -0.123. The van der Waals surface area contributed by atoms with Crippen LogP contribution in [0.4, 0.5) is 8.78 Å². The van der Waals surface area contributed by atoms with Crippen molar-refractivity contribution in [3.05, 3.63) is 65.5 Å². The molecule has 4 rings (SSSR count). The van der Waals surface area contributed by atoms with E-state index in [0.717, 1.165) is 17.5 Å². The summed E-state index contributed by atoms with van der Waals surface area (Å²) >= 11 is 0. The number of benzene rings is 2. The van der Waals surface area contributed by atoms with E-state index in [4.69, 9.17) is 0 Å². The predicted octanol–water partition coefficient (Wildman–Crippen LogP) is 3.93. The quantitative estimate of drug-likeness (QED) is 0.800. The van der Waals surface area contributed by atoms with Gasteiger partial charge in [-0.2, -0.15) is 0 Å². The zero-order valence-electron chi connectivity index (χ0n) is 16.2. The Morgan fingerprint density at radius 2 is 1.83 bits per heavy atom. The van der Waals surface area contributed by atoms with E-state index >= 15 is 4.39 Å². The van der Waals surface area contributed by atoms with Gasteiger partial charge in [0.25, 0.3) is 0 Å². The summed E-state index contributed by atoms with van der Waals surface area (Å²) in [7, 11) is 0. The Morgan fingerprint density at radius 1 is 1.10 bits per heavy atom. The van der Waals surface area contributed by atoms with Gasteiger partial charge in [0.2, 0.25) is 5.91 Å². The number of phenolic OH excluding ortho intramolecular Hbond substituents is 1. The lowest BCUT2D eigenvalue weighted by Crippen LogP contribution is -2.43. The molecule has 2 aliphatic heterocycles. The second-order valence-corrected chi connectivity index (χ2v) is 8.08. The molecule has 2 aromatic carbocycles. The highest BCUT2D eigenvalue weighted by Crippen LogP contribution is 2.38. The summed E-state index contributed by atoms with van der Waals surface area (Å²) in [5.74, 6) is -0.394. The SMILES string of the molecule is O=C1NCC[C@H]1CC(c1ccc(F)cc1)N1CC[C@H](c2ccc(O)cc2)[C@@H](F)C1. The molecule has 2 aliphatic rings. The summed E-state index contributed by atoms with van der Waals surface area (Å²) in [6, 6.07) is 13.0. The van der Waals surface area contributed by atoms with Crippen molar-refractivity contribution in [2.75, 3.05) is 19.6 Å². The molecule has 2 saturated heterocycles. The number of phenols is 1. The first-order chi connectivity index (χ1) is 14.0. The van der Waals surface area contributed by atoms with Gasteiger partial charge in [-0.1, -0.05) is 24.3 Å². The number of nitrogens with zero attached hydrogens (tertiary/aromatic N) is 1. The number of carbonyl (C=O) groups excluding carboxylic acids is 1. The molecule has 1 unspecified atom stereocenters. The fourth-order valence-electron chi connectivity index (χ4n) is 4.63. The summed E-state index contributed by atoms with van der Waals surface area (Å²) in [4.78, 5) is 14.2. The van der Waals surface area contributed by atoms with Gasteiger partial charge in [0, 0.05) is 31.0 Å². The summed E-state index contributed by atoms with van der Waals surface area (Å²) in [6.45, 7) is 1.64. The molecule has 0 spiro atoms. The molecule has 4 nitrogen and oxygen atoms in total. The highest BCUT2D eigenvalue weighted by molar-refractivity contribution is 5.80. The predicted molar refractivity (Wildman–Crippen MR) is 107 cm³/mol. The summed E-state index contributed by atoms with van der Waals surface area (Å²) < 4.78 is 28.6. The Morgan fingerprint density at radius 3 is 2.45 bits per heavy atom. The van der Waals surface area contributed by atoms with Crippen LogP contribution in [0.25, 0.3) is 0 Å². The second kappa shape index (κ2) is 8.49. The highest BCUT2D eigenvalue weighted by Gasteiger charge is 2.36. The maximum Gasteiger partial charge on any atom is 0.223 e. The molecule has 6 heteroatoms. The molecule has 0 bridgehead atoms. The first-order valence-corrected chi connectivity index (χ1v) is 10.2. The molecule has 0 aromatic heterocycles. The standard InChI is InChI=1S/C23H26F2N2O2/c24-18-5-1-16(2-6-18)22(13-17-9-11-26-23(17)29)27-12-10-20(21(25)14-27)15-3-7-19(28)8-4-15/h1-8,17,20-22,28H,9-14H2,(H,26,29)/t17-,20+,21-,22?/m0/s1. The number of alkyl halides is 1. The van der Waals surface area contributed by atoms with E-state index in [0.29, 0.717) is 25.9 Å². The number of piperidine rings is 1. The lowest BCUT2D eigenvalue weighted by Gasteiger charge is -2.40. The first kappa shape index (κ1) is 19.8. The average Bonchev–Trinajstić information content (AvgIpc) is 3.12. The van der Waals surface area contributed by atoms with Crippen LogP contribution in [0.1, 0.15) is 42.3 Å². The monoisotopic (exact) mass is 400 g/mol. The van der Waals surface area contributed by atoms with Gasteiger partial charge in [0.1, 0.15) is 17.7 Å². The van der Waals surface area contributed by atoms with Crippen LogP contribution in [-0.2, 0) is 4.79 Å². The van der Waals surface area contributed by atoms with Gasteiger partial charge in [0.05, 0.1) is 0 Å². The fourth-order valence-corrected chi connectivity index (χ4v) is 4.63. The Kier molecular flexibility index (Phi) is 5.81. The molecule has 4 atom stereocenters. The molecule has 29 heavy (non-hydrogen) atoms. The van der Waals surface area contributed by atoms with Gasteiger partial charge < -0.3 is 10.4 Å². The van der Waals surface area contributed by atoms with Crippen LogP contribution in [0.3, 0.4) is 0 Å². The third kappa shape index (κ3) is 4.42. The normalized spacial score (nSPS) is 26.3. The molecular formula is C23H26F2N2O2. The molecule has 2 heterocycles. The minimum atomic E-state index is -1.05. The third-order valence-corrected chi connectivity index (χ3v) is 6.26. The Bertz CT molecular complexity index is 841. The van der Waals surface area contributed by atoms with E-state index in [1.807, 2.05) is 0 Å². The van der Waals surface area contributed by atoms with Gasteiger partial charge >= 0.3 is 0 Å². The number of hydrogen-bond acceptors (Lipinski definition) is 3. The van der Waals surface area contributed by atoms with Crippen LogP contribution >= 0.6 is 0 Å². The van der Waals surface area contributed by atoms with Crippen LogP contribution in [0, 0.1) is 11.7 Å². The molecule has 0 aliphatic carbocycles. The maximum atomic E-state index is 15.2. The van der Waals surface area contributed by atoms with E-state index in [1.165, 1.54) is 12.1 Å². The minimum Gasteiger partial charge on any atom is -0.508 e. The summed E-state index contributed by atoms with van der Waals surface area (Å²) in [6.07, 6.45) is 0.988. The molecular weight excluding hydrogens is 374 g/mol. The van der Waals surface area contributed by atoms with Crippen molar-refractivity contribution >= 4 is 5.91 Å². The van der Waals surface area contributed by atoms with Crippen LogP contribution in [0.5, 0.6) is 5.75 Å². The number of likely N-dealkylation sites (tertiary alicyclic amines) is 1. The van der Waals surface area contributed by atoms with Crippen molar-refractivity contribution in [2.45, 2.75) is 37.4 Å². The molecule has 2 fully saturated rings. The molecule has 154 valence electrons. The lowest BCUT2D eigenvalue weighted by atomic mass is 9.85. The van der Waals surface area contributed by atoms with E-state index < -0.39 is 6.17 Å². The Hall–Kier alpha value is -2.47. The van der Waals surface area contributed by atoms with Crippen LogP contribution in [0.15, 0.2) is 48.5 Å². The summed E-state index contributed by atoms with van der Waals surface area (Å²) in [5, 5.41) is 12.3. The van der Waals surface area contributed by atoms with Gasteiger partial charge in [-0.25, -0.2) is 8.78 Å². The number of aromatic hydroxyl groups is 1. The maximum absolute atomic E-state index is 15.2. The molecule has 0 saturated carbocycles. The van der Waals surface area contributed by atoms with E-state index in [1.54, 1.807) is 36.4 Å². The van der Waals surface area contributed by atoms with Gasteiger partial charge in [0.15, 0.2) is 0 Å². The third-order valence-electron chi connectivity index (χ3n) is 6.26. The van der Waals surface area contributed by atoms with Crippen molar-refractivity contribution in [3.8, 4) is 5.75 Å². The van der Waals surface area contributed by atoms with Crippen LogP contribution in [-0.4, -0.2) is 41.7 Å². The second-order valence-electron chi connectivity index (χ2n) is 8.08. The largest absolute Gasteiger partial charge is 0.508 e. The van der Waals surface area contributed by atoms with Crippen molar-refractivity contribution in [2.24, 2.45) is 5.92 Å². The number of halogens is 2. The van der Waals surface area contributed by atoms with Crippen molar-refractivity contribution in [3.63, 3.8) is 0 Å². The van der Waals surface area contributed by atoms with Gasteiger partial charge in [-0.3, -0.25) is 9.69 Å². The molecule has 1 amide bonds. The molecule has 2 N–H and O–H groups in total. The first-order valence-electron chi connectivity index (χ1n) is 10.2. The zero-order chi connectivity index (χ0) is 20.4. The smallest absolute Gasteiger partial charge is 0.223 e. The molecule has 0 radical (unpaired) electrons. The van der Waals surface area contributed by atoms with Crippen molar-refractivity contribution < 1.29 is 18.7 Å². The van der Waals surface area contributed by atoms with Crippen molar-refractivity contribution in [1.82, 2.24) is 10.2 Å². The van der Waals surface area contributed by atoms with E-state index in [9.17, 15) is 14.3 Å². The number of nitrogens with one attached hydrogen (secondary N) is 1. The Labute approximate surface area is 169 Å². The van der Waals surface area contributed by atoms with Gasteiger partial charge in [-0.05, 0) is 61.2 Å². The van der Waals surface area contributed by atoms with Crippen LogP contribution in [0.2, 0.25) is 0 Å². The van der Waals surface area contributed by atoms with Crippen molar-refractivity contribution in [1.29, 1.82) is 0 Å². The minimum absolute atomic E-state index is 0.0490. The number of hydrogen-bond donors (Lipinski definition) is 2. The number of amides is 1. The molecule has 2 aromatic rings. The van der Waals surface area contributed by atoms with Crippen LogP contribution < -0.4 is 5.32 Å². The average molecular weight is 400 g/mol. The van der Waals surface area contributed by atoms with E-state index in [-0.39, 0.29) is 41.9 Å². The fraction of sp³-hybridized carbons (Fsp3) is 0.435. The van der Waals surface area contributed by atoms with E-state index in [2.05, 4.69) is 10.2 Å². The van der Waals surface area contributed by atoms with Gasteiger partial charge in [-0.15, -0.1) is 0 Å². The highest BCUT2D eigenvalue weighted by atomic mass is 19.1. The number of carbonyl (C=O) groups is 1. The Balaban J connectivity index is 1.52. The number of rotatable bonds is 5. The topological polar surface area (TPSA) is 52.6 Å². The summed E-state index contributed by atoms with van der Waals surface area (Å²) in [5.41, 5.74) is 1.81.